The maximum absolute atomic E-state index is 12.9. The van der Waals surface area contributed by atoms with Gasteiger partial charge in [-0.25, -0.2) is 9.59 Å². The van der Waals surface area contributed by atoms with Crippen LogP contribution in [-0.4, -0.2) is 62.8 Å². The first-order chi connectivity index (χ1) is 19.6. The Morgan fingerprint density at radius 3 is 2.56 bits per heavy atom. The van der Waals surface area contributed by atoms with Gasteiger partial charge in [0, 0.05) is 6.42 Å². The molecule has 1 aromatic carbocycles. The van der Waals surface area contributed by atoms with Crippen LogP contribution in [0.25, 0.3) is 0 Å². The zero-order valence-electron chi connectivity index (χ0n) is 24.7. The molecule has 1 saturated heterocycles. The van der Waals surface area contributed by atoms with Gasteiger partial charge in [0.1, 0.15) is 17.4 Å². The lowest BCUT2D eigenvalue weighted by Gasteiger charge is -2.64. The summed E-state index contributed by atoms with van der Waals surface area (Å²) in [6, 6.07) is 5.13. The minimum Gasteiger partial charge on any atom is -0.496 e. The van der Waals surface area contributed by atoms with Gasteiger partial charge in [-0.2, -0.15) is 0 Å². The monoisotopic (exact) mass is 571 g/mol. The number of benzene rings is 1. The number of ether oxygens (including phenoxy) is 4. The number of esters is 1. The maximum Gasteiger partial charge on any atom is 0.511 e. The first-order valence-corrected chi connectivity index (χ1v) is 14.9. The molecule has 1 aromatic rings. The van der Waals surface area contributed by atoms with Crippen LogP contribution in [0.4, 0.5) is 4.79 Å². The highest BCUT2D eigenvalue weighted by Crippen LogP contribution is 2.65. The Labute approximate surface area is 242 Å². The van der Waals surface area contributed by atoms with Gasteiger partial charge in [-0.05, 0) is 80.8 Å². The van der Waals surface area contributed by atoms with Crippen molar-refractivity contribution < 1.29 is 42.6 Å². The fourth-order valence-corrected chi connectivity index (χ4v) is 7.36. The summed E-state index contributed by atoms with van der Waals surface area (Å²) in [5.74, 6) is -0.0289. The highest BCUT2D eigenvalue weighted by molar-refractivity contribution is 6.48. The van der Waals surface area contributed by atoms with E-state index in [9.17, 15) is 14.4 Å². The molecular weight excluding hydrogens is 529 g/mol. The Hall–Kier alpha value is -2.79. The molecule has 41 heavy (non-hydrogen) atoms. The lowest BCUT2D eigenvalue weighted by molar-refractivity contribution is -0.199. The highest BCUT2D eigenvalue weighted by atomic mass is 16.8. The lowest BCUT2D eigenvalue weighted by atomic mass is 9.43. The van der Waals surface area contributed by atoms with Crippen molar-refractivity contribution >= 4 is 25.2 Å². The van der Waals surface area contributed by atoms with Crippen molar-refractivity contribution in [2.75, 3.05) is 13.9 Å². The van der Waals surface area contributed by atoms with Crippen LogP contribution < -0.4 is 10.1 Å². The van der Waals surface area contributed by atoms with Gasteiger partial charge in [-0.15, -0.1) is 0 Å². The molecule has 1 heterocycles. The minimum absolute atomic E-state index is 0.0335. The molecule has 10 nitrogen and oxygen atoms in total. The average molecular weight is 571 g/mol. The fraction of sp³-hybridized carbons (Fsp3) is 0.700. The van der Waals surface area contributed by atoms with Gasteiger partial charge in [0.25, 0.3) is 0 Å². The van der Waals surface area contributed by atoms with E-state index in [1.54, 1.807) is 19.1 Å². The molecule has 0 spiro atoms. The normalized spacial score (nSPS) is 28.7. The second-order valence-corrected chi connectivity index (χ2v) is 12.5. The summed E-state index contributed by atoms with van der Waals surface area (Å²) in [4.78, 5) is 37.4. The quantitative estimate of drug-likeness (QED) is 0.244. The van der Waals surface area contributed by atoms with Crippen molar-refractivity contribution in [2.45, 2.75) is 103 Å². The Balaban J connectivity index is 1.27. The van der Waals surface area contributed by atoms with Crippen LogP contribution >= 0.6 is 0 Å². The van der Waals surface area contributed by atoms with Crippen molar-refractivity contribution in [1.82, 2.24) is 5.32 Å². The van der Waals surface area contributed by atoms with Gasteiger partial charge in [0.2, 0.25) is 12.7 Å². The van der Waals surface area contributed by atoms with Crippen LogP contribution in [0.1, 0.15) is 88.6 Å². The zero-order chi connectivity index (χ0) is 29.4. The highest BCUT2D eigenvalue weighted by Gasteiger charge is 2.68. The summed E-state index contributed by atoms with van der Waals surface area (Å²) in [5, 5.41) is 3.08. The van der Waals surface area contributed by atoms with Gasteiger partial charge in [-0.3, -0.25) is 4.79 Å². The minimum atomic E-state index is -0.855. The Kier molecular flexibility index (Phi) is 8.57. The van der Waals surface area contributed by atoms with E-state index in [4.69, 9.17) is 28.3 Å². The lowest BCUT2D eigenvalue weighted by Crippen LogP contribution is -2.65. The number of hydrogen-bond donors (Lipinski definition) is 1. The van der Waals surface area contributed by atoms with Crippen LogP contribution in [0.5, 0.6) is 5.75 Å². The number of amides is 1. The van der Waals surface area contributed by atoms with Crippen LogP contribution in [-0.2, 0) is 34.7 Å². The van der Waals surface area contributed by atoms with Crippen LogP contribution in [0.15, 0.2) is 18.2 Å². The van der Waals surface area contributed by atoms with E-state index in [2.05, 4.69) is 26.1 Å². The molecule has 1 N–H and O–H groups in total. The topological polar surface area (TPSA) is 119 Å². The van der Waals surface area contributed by atoms with Gasteiger partial charge < -0.3 is 33.6 Å². The molecule has 5 fully saturated rings. The molecule has 5 unspecified atom stereocenters. The summed E-state index contributed by atoms with van der Waals surface area (Å²) in [5.41, 5.74) is 0.629. The molecule has 0 radical (unpaired) electrons. The van der Waals surface area contributed by atoms with E-state index in [1.165, 1.54) is 7.11 Å². The Morgan fingerprint density at radius 1 is 1.12 bits per heavy atom. The van der Waals surface area contributed by atoms with E-state index in [1.807, 2.05) is 6.07 Å². The van der Waals surface area contributed by atoms with Crippen molar-refractivity contribution in [1.29, 1.82) is 0 Å². The summed E-state index contributed by atoms with van der Waals surface area (Å²) in [6.45, 7) is 7.97. The van der Waals surface area contributed by atoms with Gasteiger partial charge >= 0.3 is 19.2 Å². The van der Waals surface area contributed by atoms with Crippen LogP contribution in [0.3, 0.4) is 0 Å². The summed E-state index contributed by atoms with van der Waals surface area (Å²) < 4.78 is 34.2. The number of hydrogen-bond acceptors (Lipinski definition) is 9. The fourth-order valence-electron chi connectivity index (χ4n) is 7.36. The van der Waals surface area contributed by atoms with E-state index < -0.39 is 37.6 Å². The second kappa shape index (κ2) is 11.8. The number of para-hydroxylation sites is 1. The summed E-state index contributed by atoms with van der Waals surface area (Å²) in [6.07, 6.45) is 5.32. The maximum atomic E-state index is 12.9. The molecule has 1 aliphatic heterocycles. The second-order valence-electron chi connectivity index (χ2n) is 12.5. The standard InChI is InChI=1S/C30H42BNO9/c1-6-25(33)32-24(31-40-23-16-19-15-22(29(19,2)3)30(23,4)41-31)14-18-10-9-13-21(26(18)36-5)27(34)37-17-38-28(35)39-20-11-7-8-12-20/h9-10,13,19-20,22-24H,6-8,11-12,14-17H2,1-5H3,(H,32,33). The number of rotatable bonds is 10. The summed E-state index contributed by atoms with van der Waals surface area (Å²) in [7, 11) is 0.827. The van der Waals surface area contributed by atoms with Crippen molar-refractivity contribution in [3.05, 3.63) is 29.3 Å². The molecular formula is C30H42BNO9. The van der Waals surface area contributed by atoms with E-state index >= 15 is 0 Å². The zero-order valence-corrected chi connectivity index (χ0v) is 24.7. The van der Waals surface area contributed by atoms with Gasteiger partial charge in [0.05, 0.1) is 24.8 Å². The number of carbonyl (C=O) groups excluding carboxylic acids is 3. The van der Waals surface area contributed by atoms with Gasteiger partial charge in [0.15, 0.2) is 0 Å². The number of methoxy groups -OCH3 is 1. The molecule has 1 amide bonds. The molecule has 4 aliphatic carbocycles. The predicted octanol–water partition coefficient (Wildman–Crippen LogP) is 4.61. The molecule has 5 aliphatic rings. The molecule has 6 rings (SSSR count). The number of carbonyl (C=O) groups is 3. The smallest absolute Gasteiger partial charge is 0.496 e. The number of nitrogens with one attached hydrogen (secondary N) is 1. The molecule has 2 bridgehead atoms. The summed E-state index contributed by atoms with van der Waals surface area (Å²) >= 11 is 0. The van der Waals surface area contributed by atoms with Gasteiger partial charge in [-0.1, -0.05) is 32.9 Å². The molecule has 5 atom stereocenters. The Morgan fingerprint density at radius 2 is 1.88 bits per heavy atom. The van der Waals surface area contributed by atoms with E-state index in [0.717, 1.165) is 38.5 Å². The van der Waals surface area contributed by atoms with Crippen LogP contribution in [0, 0.1) is 17.3 Å². The SMILES string of the molecule is CCC(=O)NC(Cc1cccc(C(=O)OCOC(=O)OC2CCCC2)c1OC)B1OC2CC3CC(C3(C)C)C2(C)O1. The largest absolute Gasteiger partial charge is 0.511 e. The van der Waals surface area contributed by atoms with Crippen molar-refractivity contribution in [3.8, 4) is 5.75 Å². The first kappa shape index (κ1) is 29.7. The van der Waals surface area contributed by atoms with Crippen LogP contribution in [0.2, 0.25) is 0 Å². The molecule has 4 saturated carbocycles. The average Bonchev–Trinajstić information content (AvgIpc) is 3.58. The third kappa shape index (κ3) is 5.80. The van der Waals surface area contributed by atoms with Crippen molar-refractivity contribution in [3.63, 3.8) is 0 Å². The predicted molar refractivity (Wildman–Crippen MR) is 149 cm³/mol. The Bertz CT molecular complexity index is 1150. The first-order valence-electron chi connectivity index (χ1n) is 14.9. The molecule has 224 valence electrons. The molecule has 11 heteroatoms. The van der Waals surface area contributed by atoms with E-state index in [-0.39, 0.29) is 29.1 Å². The van der Waals surface area contributed by atoms with Crippen molar-refractivity contribution in [2.24, 2.45) is 17.3 Å². The third-order valence-corrected chi connectivity index (χ3v) is 9.86. The molecule has 0 aromatic heterocycles. The third-order valence-electron chi connectivity index (χ3n) is 9.86. The van der Waals surface area contributed by atoms with E-state index in [0.29, 0.717) is 36.0 Å².